The number of carbonyl (C=O) groups is 2. The van der Waals surface area contributed by atoms with Crippen molar-refractivity contribution in [2.24, 2.45) is 0 Å². The van der Waals surface area contributed by atoms with Crippen LogP contribution < -0.4 is 5.32 Å². The number of phenols is 1. The van der Waals surface area contributed by atoms with E-state index in [1.807, 2.05) is 0 Å². The van der Waals surface area contributed by atoms with Crippen molar-refractivity contribution >= 4 is 17.7 Å². The number of carboxylic acid groups (broad SMARTS) is 1. The zero-order valence-corrected chi connectivity index (χ0v) is 9.93. The standard InChI is InChI=1S/C11H12F2N2O4/c1-15(5-9(12)13)11(19)14-8-3-2-6(16)4-7(8)10(17)18/h2-4,9,16H,5H2,1H3,(H,14,19)(H,17,18). The molecule has 104 valence electrons. The summed E-state index contributed by atoms with van der Waals surface area (Å²) in [7, 11) is 1.16. The van der Waals surface area contributed by atoms with Crippen LogP contribution in [-0.2, 0) is 0 Å². The second-order valence-corrected chi connectivity index (χ2v) is 3.74. The van der Waals surface area contributed by atoms with Gasteiger partial charge < -0.3 is 20.4 Å². The van der Waals surface area contributed by atoms with Gasteiger partial charge in [0.05, 0.1) is 17.8 Å². The molecule has 0 aliphatic rings. The van der Waals surface area contributed by atoms with Gasteiger partial charge in [-0.2, -0.15) is 0 Å². The van der Waals surface area contributed by atoms with E-state index in [0.717, 1.165) is 18.0 Å². The SMILES string of the molecule is CN(CC(F)F)C(=O)Nc1ccc(O)cc1C(=O)O. The Morgan fingerprint density at radius 3 is 2.58 bits per heavy atom. The van der Waals surface area contributed by atoms with Crippen LogP contribution in [0.1, 0.15) is 10.4 Å². The van der Waals surface area contributed by atoms with Crippen molar-refractivity contribution in [2.75, 3.05) is 18.9 Å². The Balaban J connectivity index is 2.87. The second kappa shape index (κ2) is 5.98. The maximum atomic E-state index is 12.1. The molecule has 0 atom stereocenters. The lowest BCUT2D eigenvalue weighted by atomic mass is 10.1. The fraction of sp³-hybridized carbons (Fsp3) is 0.273. The topological polar surface area (TPSA) is 89.9 Å². The van der Waals surface area contributed by atoms with Crippen molar-refractivity contribution in [1.29, 1.82) is 0 Å². The number of alkyl halides is 2. The number of aromatic carboxylic acids is 1. The fourth-order valence-electron chi connectivity index (χ4n) is 1.32. The third kappa shape index (κ3) is 4.09. The van der Waals surface area contributed by atoms with Gasteiger partial charge in [0.25, 0.3) is 6.43 Å². The summed E-state index contributed by atoms with van der Waals surface area (Å²) >= 11 is 0. The predicted octanol–water partition coefficient (Wildman–Crippen LogP) is 1.82. The van der Waals surface area contributed by atoms with Crippen molar-refractivity contribution in [3.63, 3.8) is 0 Å². The van der Waals surface area contributed by atoms with Gasteiger partial charge in [0, 0.05) is 7.05 Å². The van der Waals surface area contributed by atoms with E-state index in [4.69, 9.17) is 10.2 Å². The zero-order valence-electron chi connectivity index (χ0n) is 9.93. The average Bonchev–Trinajstić information content (AvgIpc) is 2.30. The Bertz CT molecular complexity index is 494. The number of carboxylic acids is 1. The monoisotopic (exact) mass is 274 g/mol. The summed E-state index contributed by atoms with van der Waals surface area (Å²) in [5, 5.41) is 20.2. The van der Waals surface area contributed by atoms with E-state index in [-0.39, 0.29) is 17.0 Å². The van der Waals surface area contributed by atoms with Crippen LogP contribution in [0.25, 0.3) is 0 Å². The Morgan fingerprint density at radius 2 is 2.05 bits per heavy atom. The van der Waals surface area contributed by atoms with Gasteiger partial charge in [-0.1, -0.05) is 0 Å². The molecule has 1 aromatic carbocycles. The Kier molecular flexibility index (Phi) is 4.62. The summed E-state index contributed by atoms with van der Waals surface area (Å²) < 4.78 is 24.2. The predicted molar refractivity (Wildman–Crippen MR) is 62.7 cm³/mol. The normalized spacial score (nSPS) is 10.3. The van der Waals surface area contributed by atoms with Crippen LogP contribution in [0.3, 0.4) is 0 Å². The molecular weight excluding hydrogens is 262 g/mol. The number of rotatable bonds is 4. The van der Waals surface area contributed by atoms with Gasteiger partial charge in [0.1, 0.15) is 5.75 Å². The highest BCUT2D eigenvalue weighted by molar-refractivity contribution is 6.00. The molecule has 0 saturated heterocycles. The number of halogens is 2. The van der Waals surface area contributed by atoms with Crippen LogP contribution in [-0.4, -0.2) is 47.1 Å². The zero-order chi connectivity index (χ0) is 14.6. The number of nitrogens with one attached hydrogen (secondary N) is 1. The Morgan fingerprint density at radius 1 is 1.42 bits per heavy atom. The van der Waals surface area contributed by atoms with Gasteiger partial charge in [-0.3, -0.25) is 0 Å². The molecule has 8 heteroatoms. The minimum Gasteiger partial charge on any atom is -0.508 e. The molecule has 19 heavy (non-hydrogen) atoms. The molecule has 6 nitrogen and oxygen atoms in total. The van der Waals surface area contributed by atoms with E-state index in [0.29, 0.717) is 0 Å². The quantitative estimate of drug-likeness (QED) is 0.730. The van der Waals surface area contributed by atoms with Crippen LogP contribution in [0.5, 0.6) is 5.75 Å². The maximum Gasteiger partial charge on any atom is 0.337 e. The molecule has 1 aromatic rings. The molecule has 0 aromatic heterocycles. The first-order valence-corrected chi connectivity index (χ1v) is 5.18. The van der Waals surface area contributed by atoms with Gasteiger partial charge in [-0.15, -0.1) is 0 Å². The van der Waals surface area contributed by atoms with E-state index in [2.05, 4.69) is 5.32 Å². The first-order valence-electron chi connectivity index (χ1n) is 5.18. The number of hydrogen-bond acceptors (Lipinski definition) is 3. The number of carbonyl (C=O) groups excluding carboxylic acids is 1. The molecule has 0 spiro atoms. The lowest BCUT2D eigenvalue weighted by Gasteiger charge is -2.18. The molecule has 0 aliphatic carbocycles. The lowest BCUT2D eigenvalue weighted by molar-refractivity contribution is 0.0697. The van der Waals surface area contributed by atoms with Gasteiger partial charge in [-0.05, 0) is 18.2 Å². The van der Waals surface area contributed by atoms with Crippen LogP contribution in [0.15, 0.2) is 18.2 Å². The highest BCUT2D eigenvalue weighted by atomic mass is 19.3. The second-order valence-electron chi connectivity index (χ2n) is 3.74. The first kappa shape index (κ1) is 14.7. The van der Waals surface area contributed by atoms with Crippen molar-refractivity contribution in [1.82, 2.24) is 4.90 Å². The molecule has 0 unspecified atom stereocenters. The molecule has 2 amide bonds. The van der Waals surface area contributed by atoms with E-state index in [1.54, 1.807) is 0 Å². The number of nitrogens with zero attached hydrogens (tertiary/aromatic N) is 1. The van der Waals surface area contributed by atoms with Crippen molar-refractivity contribution in [2.45, 2.75) is 6.43 Å². The third-order valence-electron chi connectivity index (χ3n) is 2.23. The number of hydrogen-bond donors (Lipinski definition) is 3. The molecule has 0 radical (unpaired) electrons. The maximum absolute atomic E-state index is 12.1. The van der Waals surface area contributed by atoms with Gasteiger partial charge in [-0.25, -0.2) is 18.4 Å². The Labute approximate surface area is 107 Å². The van der Waals surface area contributed by atoms with E-state index in [9.17, 15) is 18.4 Å². The summed E-state index contributed by atoms with van der Waals surface area (Å²) in [6.45, 7) is -0.772. The molecular formula is C11H12F2N2O4. The average molecular weight is 274 g/mol. The van der Waals surface area contributed by atoms with Crippen LogP contribution >= 0.6 is 0 Å². The van der Waals surface area contributed by atoms with E-state index < -0.39 is 25.0 Å². The van der Waals surface area contributed by atoms with Crippen molar-refractivity contribution in [3.8, 4) is 5.75 Å². The van der Waals surface area contributed by atoms with Crippen molar-refractivity contribution < 1.29 is 28.6 Å². The minimum atomic E-state index is -2.69. The smallest absolute Gasteiger partial charge is 0.337 e. The number of amides is 2. The number of benzene rings is 1. The molecule has 0 saturated carbocycles. The number of aromatic hydroxyl groups is 1. The highest BCUT2D eigenvalue weighted by Crippen LogP contribution is 2.21. The minimum absolute atomic E-state index is 0.0867. The molecule has 1 rings (SSSR count). The molecule has 0 heterocycles. The summed E-state index contributed by atoms with van der Waals surface area (Å²) in [6.07, 6.45) is -2.69. The third-order valence-corrected chi connectivity index (χ3v) is 2.23. The summed E-state index contributed by atoms with van der Waals surface area (Å²) in [5.74, 6) is -1.64. The summed E-state index contributed by atoms with van der Waals surface area (Å²) in [5.41, 5.74) is -0.421. The molecule has 3 N–H and O–H groups in total. The van der Waals surface area contributed by atoms with Crippen LogP contribution in [0, 0.1) is 0 Å². The Hall–Kier alpha value is -2.38. The molecule has 0 aliphatic heterocycles. The first-order chi connectivity index (χ1) is 8.81. The summed E-state index contributed by atoms with van der Waals surface area (Å²) in [6, 6.07) is 2.43. The molecule has 0 fully saturated rings. The van der Waals surface area contributed by atoms with Crippen LogP contribution in [0.2, 0.25) is 0 Å². The van der Waals surface area contributed by atoms with Crippen LogP contribution in [0.4, 0.5) is 19.3 Å². The molecule has 0 bridgehead atoms. The largest absolute Gasteiger partial charge is 0.508 e. The van der Waals surface area contributed by atoms with Gasteiger partial charge in [0.2, 0.25) is 0 Å². The van der Waals surface area contributed by atoms with Gasteiger partial charge in [0.15, 0.2) is 0 Å². The number of urea groups is 1. The van der Waals surface area contributed by atoms with E-state index in [1.165, 1.54) is 12.1 Å². The number of phenolic OH excluding ortho intramolecular Hbond substituents is 1. The van der Waals surface area contributed by atoms with Crippen molar-refractivity contribution in [3.05, 3.63) is 23.8 Å². The van der Waals surface area contributed by atoms with Gasteiger partial charge >= 0.3 is 12.0 Å². The lowest BCUT2D eigenvalue weighted by Crippen LogP contribution is -2.35. The highest BCUT2D eigenvalue weighted by Gasteiger charge is 2.17. The fourth-order valence-corrected chi connectivity index (χ4v) is 1.32. The summed E-state index contributed by atoms with van der Waals surface area (Å²) in [4.78, 5) is 23.2. The number of anilines is 1. The van der Waals surface area contributed by atoms with E-state index >= 15 is 0 Å².